The summed E-state index contributed by atoms with van der Waals surface area (Å²) in [4.78, 5) is 65.6. The Morgan fingerprint density at radius 3 is 2.05 bits per heavy atom. The lowest BCUT2D eigenvalue weighted by molar-refractivity contribution is -0.143. The van der Waals surface area contributed by atoms with Gasteiger partial charge in [0.2, 0.25) is 23.6 Å². The number of thioether (sulfide) groups is 1. The van der Waals surface area contributed by atoms with Crippen molar-refractivity contribution in [1.29, 1.82) is 0 Å². The highest BCUT2D eigenvalue weighted by molar-refractivity contribution is 7.98. The number of rotatable bonds is 18. The Morgan fingerprint density at radius 2 is 1.49 bits per heavy atom. The van der Waals surface area contributed by atoms with E-state index < -0.39 is 60.2 Å². The van der Waals surface area contributed by atoms with Gasteiger partial charge in [-0.25, -0.2) is 4.79 Å². The van der Waals surface area contributed by atoms with Crippen molar-refractivity contribution in [1.82, 2.24) is 16.0 Å². The average Bonchev–Trinajstić information content (AvgIpc) is 2.87. The van der Waals surface area contributed by atoms with E-state index in [1.165, 1.54) is 11.8 Å². The number of benzene rings is 1. The number of carbonyl (C=O) groups is 5. The molecule has 0 fully saturated rings. The maximum Gasteiger partial charge on any atom is 0.326 e. The molecule has 0 bridgehead atoms. The first-order chi connectivity index (χ1) is 18.4. The Kier molecular flexibility index (Phi) is 15.0. The number of hydrogen-bond donors (Lipinski definition) is 8. The molecular weight excluding hydrogens is 528 g/mol. The molecule has 14 nitrogen and oxygen atoms in total. The molecule has 0 aromatic heterocycles. The van der Waals surface area contributed by atoms with Crippen LogP contribution >= 0.6 is 11.8 Å². The summed E-state index contributed by atoms with van der Waals surface area (Å²) in [6, 6.07) is 4.02. The fraction of sp³-hybridized carbons (Fsp3) is 0.500. The van der Waals surface area contributed by atoms with Gasteiger partial charge in [-0.3, -0.25) is 24.2 Å². The van der Waals surface area contributed by atoms with Crippen LogP contribution in [0.4, 0.5) is 0 Å². The number of nitrogens with two attached hydrogens (primary N) is 4. The topological polar surface area (TPSA) is 258 Å². The fourth-order valence-corrected chi connectivity index (χ4v) is 3.91. The first-order valence-electron chi connectivity index (χ1n) is 12.2. The lowest BCUT2D eigenvalue weighted by Crippen LogP contribution is -2.58. The number of aliphatic imine (C=N–C) groups is 1. The van der Waals surface area contributed by atoms with E-state index >= 15 is 0 Å². The second-order valence-electron chi connectivity index (χ2n) is 8.72. The van der Waals surface area contributed by atoms with Gasteiger partial charge in [-0.05, 0) is 36.8 Å². The highest BCUT2D eigenvalue weighted by Crippen LogP contribution is 2.08. The van der Waals surface area contributed by atoms with Crippen molar-refractivity contribution in [3.8, 4) is 0 Å². The van der Waals surface area contributed by atoms with Crippen molar-refractivity contribution in [2.45, 2.75) is 56.3 Å². The van der Waals surface area contributed by atoms with E-state index in [1.54, 1.807) is 30.3 Å². The van der Waals surface area contributed by atoms with Crippen molar-refractivity contribution < 1.29 is 29.1 Å². The van der Waals surface area contributed by atoms with Gasteiger partial charge in [-0.1, -0.05) is 30.3 Å². The van der Waals surface area contributed by atoms with Crippen molar-refractivity contribution >= 4 is 47.3 Å². The number of carboxylic acids is 1. The summed E-state index contributed by atoms with van der Waals surface area (Å²) in [5.74, 6) is -3.95. The van der Waals surface area contributed by atoms with Crippen molar-refractivity contribution in [3.63, 3.8) is 0 Å². The van der Waals surface area contributed by atoms with Crippen LogP contribution in [0.5, 0.6) is 0 Å². The van der Waals surface area contributed by atoms with Gasteiger partial charge in [0.05, 0.1) is 12.5 Å². The Balaban J connectivity index is 3.03. The summed E-state index contributed by atoms with van der Waals surface area (Å²) in [5.41, 5.74) is 22.3. The van der Waals surface area contributed by atoms with E-state index in [1.807, 2.05) is 6.26 Å². The SMILES string of the molecule is CSCCC(NC(=O)C(N)CCCN=C(N)N)C(=O)NC(Cc1ccccc1)C(=O)NC(CC(N)=O)C(=O)O. The summed E-state index contributed by atoms with van der Waals surface area (Å²) in [5, 5.41) is 16.9. The molecule has 4 amide bonds. The maximum atomic E-state index is 13.3. The molecule has 0 aliphatic carbocycles. The number of carboxylic acid groups (broad SMARTS) is 1. The summed E-state index contributed by atoms with van der Waals surface area (Å²) in [7, 11) is 0. The molecule has 216 valence electrons. The standard InChI is InChI=1S/C24H38N8O6S/c1-39-11-9-16(30-20(34)15(25)8-5-10-29-24(27)28)21(35)31-17(12-14-6-3-2-4-7-14)22(36)32-18(23(37)38)13-19(26)33/h2-4,6-7,15-18H,5,8-13,25H2,1H3,(H2,26,33)(H,30,34)(H,31,35)(H,32,36)(H,37,38)(H4,27,28,29). The number of hydrogen-bond acceptors (Lipinski definition) is 8. The third-order valence-electron chi connectivity index (χ3n) is 5.48. The van der Waals surface area contributed by atoms with Gasteiger partial charge in [0.1, 0.15) is 18.1 Å². The predicted octanol–water partition coefficient (Wildman–Crippen LogP) is -2.22. The van der Waals surface area contributed by atoms with Gasteiger partial charge in [-0.2, -0.15) is 11.8 Å². The van der Waals surface area contributed by atoms with Crippen molar-refractivity contribution in [2.75, 3.05) is 18.6 Å². The van der Waals surface area contributed by atoms with Gasteiger partial charge in [0, 0.05) is 13.0 Å². The summed E-state index contributed by atoms with van der Waals surface area (Å²) in [6.07, 6.45) is 2.20. The van der Waals surface area contributed by atoms with Gasteiger partial charge < -0.3 is 44.0 Å². The van der Waals surface area contributed by atoms with Crippen LogP contribution in [-0.2, 0) is 30.4 Å². The van der Waals surface area contributed by atoms with Crippen LogP contribution in [0.1, 0.15) is 31.2 Å². The Morgan fingerprint density at radius 1 is 0.897 bits per heavy atom. The second-order valence-corrected chi connectivity index (χ2v) is 9.70. The number of nitrogens with zero attached hydrogens (tertiary/aromatic N) is 1. The zero-order valence-corrected chi connectivity index (χ0v) is 22.6. The number of guanidine groups is 1. The first-order valence-corrected chi connectivity index (χ1v) is 13.6. The van der Waals surface area contributed by atoms with Gasteiger partial charge in [0.15, 0.2) is 5.96 Å². The van der Waals surface area contributed by atoms with E-state index in [-0.39, 0.29) is 25.2 Å². The number of aliphatic carboxylic acids is 1. The molecule has 0 saturated heterocycles. The molecule has 0 radical (unpaired) electrons. The molecule has 0 saturated carbocycles. The number of amides is 4. The Labute approximate surface area is 231 Å². The molecule has 1 aromatic rings. The van der Waals surface area contributed by atoms with Crippen LogP contribution < -0.4 is 38.9 Å². The number of carbonyl (C=O) groups excluding carboxylic acids is 4. The van der Waals surface area contributed by atoms with E-state index in [0.717, 1.165) is 0 Å². The molecular formula is C24H38N8O6S. The number of primary amides is 1. The molecule has 4 unspecified atom stereocenters. The molecule has 15 heteroatoms. The van der Waals surface area contributed by atoms with Crippen molar-refractivity contribution in [3.05, 3.63) is 35.9 Å². The molecule has 1 aromatic carbocycles. The lowest BCUT2D eigenvalue weighted by Gasteiger charge is -2.25. The Hall–Kier alpha value is -3.85. The highest BCUT2D eigenvalue weighted by atomic mass is 32.2. The smallest absolute Gasteiger partial charge is 0.326 e. The minimum atomic E-state index is -1.57. The maximum absolute atomic E-state index is 13.3. The molecule has 0 heterocycles. The third-order valence-corrected chi connectivity index (χ3v) is 6.13. The highest BCUT2D eigenvalue weighted by Gasteiger charge is 2.31. The minimum absolute atomic E-state index is 0.0226. The molecule has 39 heavy (non-hydrogen) atoms. The van der Waals surface area contributed by atoms with E-state index in [2.05, 4.69) is 20.9 Å². The second kappa shape index (κ2) is 17.6. The zero-order chi connectivity index (χ0) is 29.4. The minimum Gasteiger partial charge on any atom is -0.480 e. The van der Waals surface area contributed by atoms with Gasteiger partial charge in [0.25, 0.3) is 0 Å². The monoisotopic (exact) mass is 566 g/mol. The van der Waals surface area contributed by atoms with Crippen LogP contribution in [-0.4, -0.2) is 83.4 Å². The van der Waals surface area contributed by atoms with Crippen molar-refractivity contribution in [2.24, 2.45) is 27.9 Å². The molecule has 0 spiro atoms. The molecule has 0 aliphatic heterocycles. The third kappa shape index (κ3) is 13.5. The van der Waals surface area contributed by atoms with E-state index in [9.17, 15) is 29.1 Å². The lowest BCUT2D eigenvalue weighted by atomic mass is 10.0. The van der Waals surface area contributed by atoms with E-state index in [4.69, 9.17) is 22.9 Å². The fourth-order valence-electron chi connectivity index (χ4n) is 3.44. The first kappa shape index (κ1) is 33.2. The van der Waals surface area contributed by atoms with Crippen LogP contribution in [0.15, 0.2) is 35.3 Å². The summed E-state index contributed by atoms with van der Waals surface area (Å²) >= 11 is 1.46. The molecule has 0 aliphatic rings. The summed E-state index contributed by atoms with van der Waals surface area (Å²) in [6.45, 7) is 0.295. The number of nitrogens with one attached hydrogen (secondary N) is 3. The summed E-state index contributed by atoms with van der Waals surface area (Å²) < 4.78 is 0. The molecule has 12 N–H and O–H groups in total. The van der Waals surface area contributed by atoms with Gasteiger partial charge in [-0.15, -0.1) is 0 Å². The predicted molar refractivity (Wildman–Crippen MR) is 148 cm³/mol. The molecule has 4 atom stereocenters. The quantitative estimate of drug-likeness (QED) is 0.0539. The van der Waals surface area contributed by atoms with E-state index in [0.29, 0.717) is 24.3 Å². The van der Waals surface area contributed by atoms with Crippen LogP contribution in [0.2, 0.25) is 0 Å². The normalized spacial score (nSPS) is 13.7. The average molecular weight is 567 g/mol. The van der Waals surface area contributed by atoms with Crippen LogP contribution in [0.3, 0.4) is 0 Å². The Bertz CT molecular complexity index is 1010. The molecule has 1 rings (SSSR count). The van der Waals surface area contributed by atoms with Crippen LogP contribution in [0, 0.1) is 0 Å². The zero-order valence-electron chi connectivity index (χ0n) is 21.8. The van der Waals surface area contributed by atoms with Crippen LogP contribution in [0.25, 0.3) is 0 Å². The largest absolute Gasteiger partial charge is 0.480 e. The van der Waals surface area contributed by atoms with Gasteiger partial charge >= 0.3 is 5.97 Å².